The van der Waals surface area contributed by atoms with Gasteiger partial charge in [-0.1, -0.05) is 48.0 Å². The standard InChI is InChI=1S/C29H26N4O/c1-18-11-19(2)28(20(3)12-18)33-17-26-22-8-5-7-21(13-22)14-27-30-25(16-32(27)4)23-9-6-10-24(15-23)34-29(33)31-26/h5-13,15-17H,14H2,1-4H3. The predicted molar refractivity (Wildman–Crippen MR) is 135 cm³/mol. The zero-order chi connectivity index (χ0) is 23.4. The van der Waals surface area contributed by atoms with Crippen molar-refractivity contribution < 1.29 is 4.74 Å². The number of benzene rings is 3. The lowest BCUT2D eigenvalue weighted by molar-refractivity contribution is 0.434. The molecule has 0 N–H and O–H groups in total. The van der Waals surface area contributed by atoms with Crippen LogP contribution in [0.15, 0.2) is 73.1 Å². The van der Waals surface area contributed by atoms with Crippen LogP contribution in [0.1, 0.15) is 28.1 Å². The van der Waals surface area contributed by atoms with E-state index < -0.39 is 0 Å². The Balaban J connectivity index is 1.59. The van der Waals surface area contributed by atoms with Crippen LogP contribution in [-0.2, 0) is 13.5 Å². The van der Waals surface area contributed by atoms with E-state index in [2.05, 4.69) is 84.8 Å². The van der Waals surface area contributed by atoms with Crippen LogP contribution < -0.4 is 4.74 Å². The second-order valence-electron chi connectivity index (χ2n) is 9.19. The number of hydrogen-bond acceptors (Lipinski definition) is 3. The molecule has 34 heavy (non-hydrogen) atoms. The molecule has 0 atom stereocenters. The topological polar surface area (TPSA) is 44.9 Å². The van der Waals surface area contributed by atoms with Crippen molar-refractivity contribution >= 4 is 0 Å². The average Bonchev–Trinajstić information content (AvgIpc) is 3.37. The molecule has 0 spiro atoms. The number of rotatable bonds is 1. The molecule has 2 aromatic heterocycles. The summed E-state index contributed by atoms with van der Waals surface area (Å²) < 4.78 is 10.6. The van der Waals surface area contributed by atoms with Crippen LogP contribution >= 0.6 is 0 Å². The van der Waals surface area contributed by atoms with Gasteiger partial charge in [0.15, 0.2) is 0 Å². The van der Waals surface area contributed by atoms with Crippen LogP contribution in [0.3, 0.4) is 0 Å². The summed E-state index contributed by atoms with van der Waals surface area (Å²) in [4.78, 5) is 9.88. The Morgan fingerprint density at radius 1 is 0.794 bits per heavy atom. The molecule has 0 aliphatic carbocycles. The van der Waals surface area contributed by atoms with Gasteiger partial charge >= 0.3 is 6.01 Å². The van der Waals surface area contributed by atoms with E-state index in [0.717, 1.165) is 46.2 Å². The summed E-state index contributed by atoms with van der Waals surface area (Å²) in [6.45, 7) is 6.41. The molecule has 6 rings (SSSR count). The third-order valence-corrected chi connectivity index (χ3v) is 6.45. The highest BCUT2D eigenvalue weighted by Crippen LogP contribution is 2.34. The molecule has 0 saturated heterocycles. The Bertz CT molecular complexity index is 1530. The smallest absolute Gasteiger partial charge is 0.307 e. The van der Waals surface area contributed by atoms with Gasteiger partial charge in [0.2, 0.25) is 0 Å². The number of ether oxygens (including phenoxy) is 1. The largest absolute Gasteiger partial charge is 0.425 e. The molecule has 0 fully saturated rings. The SMILES string of the molecule is Cc1cc(C)c(-n2cc3nc2Oc2cccc(c2)-c2cn(C)c(n2)Cc2cccc-3c2)c(C)c1. The lowest BCUT2D eigenvalue weighted by Gasteiger charge is -2.15. The van der Waals surface area contributed by atoms with Crippen molar-refractivity contribution in [3.8, 4) is 40.0 Å². The number of imidazole rings is 2. The van der Waals surface area contributed by atoms with Crippen molar-refractivity contribution in [1.29, 1.82) is 0 Å². The molecule has 5 nitrogen and oxygen atoms in total. The van der Waals surface area contributed by atoms with Crippen LogP contribution in [-0.4, -0.2) is 19.1 Å². The fourth-order valence-corrected chi connectivity index (χ4v) is 4.94. The van der Waals surface area contributed by atoms with Crippen LogP contribution in [0.2, 0.25) is 0 Å². The van der Waals surface area contributed by atoms with Gasteiger partial charge < -0.3 is 9.30 Å². The summed E-state index contributed by atoms with van der Waals surface area (Å²) in [5.74, 6) is 1.75. The molecular weight excluding hydrogens is 420 g/mol. The van der Waals surface area contributed by atoms with Gasteiger partial charge in [-0.05, 0) is 55.7 Å². The van der Waals surface area contributed by atoms with E-state index in [-0.39, 0.29) is 0 Å². The Labute approximate surface area is 199 Å². The first-order valence-corrected chi connectivity index (χ1v) is 11.5. The van der Waals surface area contributed by atoms with Crippen molar-refractivity contribution in [2.45, 2.75) is 27.2 Å². The quantitative estimate of drug-likeness (QED) is 0.287. The molecule has 0 amide bonds. The molecule has 1 aliphatic heterocycles. The van der Waals surface area contributed by atoms with Crippen molar-refractivity contribution in [2.75, 3.05) is 0 Å². The number of hydrogen-bond donors (Lipinski definition) is 0. The van der Waals surface area contributed by atoms with Crippen molar-refractivity contribution in [1.82, 2.24) is 19.1 Å². The minimum Gasteiger partial charge on any atom is -0.425 e. The molecule has 1 aliphatic rings. The lowest BCUT2D eigenvalue weighted by atomic mass is 10.0. The first kappa shape index (κ1) is 20.5. The summed E-state index contributed by atoms with van der Waals surface area (Å²) in [6.07, 6.45) is 4.92. The Morgan fingerprint density at radius 2 is 1.50 bits per heavy atom. The summed E-state index contributed by atoms with van der Waals surface area (Å²) >= 11 is 0. The zero-order valence-corrected chi connectivity index (χ0v) is 19.8. The van der Waals surface area contributed by atoms with Crippen molar-refractivity contribution in [3.05, 3.63) is 101 Å². The normalized spacial score (nSPS) is 12.2. The molecule has 3 heterocycles. The van der Waals surface area contributed by atoms with E-state index in [1.165, 1.54) is 22.3 Å². The van der Waals surface area contributed by atoms with E-state index in [9.17, 15) is 0 Å². The molecule has 168 valence electrons. The summed E-state index contributed by atoms with van der Waals surface area (Å²) in [6, 6.07) is 21.6. The van der Waals surface area contributed by atoms with Crippen LogP contribution in [0.4, 0.5) is 0 Å². The maximum absolute atomic E-state index is 6.44. The number of fused-ring (bicyclic) bond motifs is 10. The van der Waals surface area contributed by atoms with Crippen LogP contribution in [0, 0.1) is 20.8 Å². The minimum atomic E-state index is 0.548. The number of aromatic nitrogens is 4. The molecule has 0 saturated carbocycles. The predicted octanol–water partition coefficient (Wildman–Crippen LogP) is 6.56. The van der Waals surface area contributed by atoms with Gasteiger partial charge in [0.1, 0.15) is 11.6 Å². The molecule has 0 radical (unpaired) electrons. The van der Waals surface area contributed by atoms with E-state index in [0.29, 0.717) is 6.01 Å². The van der Waals surface area contributed by atoms with Crippen LogP contribution in [0.25, 0.3) is 28.2 Å². The Morgan fingerprint density at radius 3 is 2.29 bits per heavy atom. The highest BCUT2D eigenvalue weighted by atomic mass is 16.5. The maximum Gasteiger partial charge on any atom is 0.307 e. The fraction of sp³-hybridized carbons (Fsp3) is 0.172. The second-order valence-corrected chi connectivity index (χ2v) is 9.19. The molecule has 3 aromatic carbocycles. The molecule has 5 heteroatoms. The number of aryl methyl sites for hydroxylation is 4. The van der Waals surface area contributed by atoms with Gasteiger partial charge in [-0.2, -0.15) is 4.98 Å². The van der Waals surface area contributed by atoms with Gasteiger partial charge in [-0.3, -0.25) is 4.57 Å². The third kappa shape index (κ3) is 3.50. The first-order chi connectivity index (χ1) is 16.4. The van der Waals surface area contributed by atoms with Gasteiger partial charge in [0, 0.05) is 37.0 Å². The fourth-order valence-electron chi connectivity index (χ4n) is 4.94. The third-order valence-electron chi connectivity index (χ3n) is 6.45. The highest BCUT2D eigenvalue weighted by Gasteiger charge is 2.19. The lowest BCUT2D eigenvalue weighted by Crippen LogP contribution is -2.02. The van der Waals surface area contributed by atoms with Gasteiger partial charge in [0.05, 0.1) is 17.1 Å². The minimum absolute atomic E-state index is 0.548. The monoisotopic (exact) mass is 446 g/mol. The Kier molecular flexibility index (Phi) is 4.66. The van der Waals surface area contributed by atoms with Gasteiger partial charge in [0.25, 0.3) is 0 Å². The van der Waals surface area contributed by atoms with Crippen molar-refractivity contribution in [3.63, 3.8) is 0 Å². The molecule has 0 unspecified atom stereocenters. The molecule has 8 bridgehead atoms. The van der Waals surface area contributed by atoms with Crippen molar-refractivity contribution in [2.24, 2.45) is 7.05 Å². The van der Waals surface area contributed by atoms with Gasteiger partial charge in [-0.25, -0.2) is 4.98 Å². The molecule has 5 aromatic rings. The van der Waals surface area contributed by atoms with Crippen LogP contribution in [0.5, 0.6) is 11.8 Å². The summed E-state index contributed by atoms with van der Waals surface area (Å²) in [5, 5.41) is 0. The number of nitrogens with zero attached hydrogens (tertiary/aromatic N) is 4. The maximum atomic E-state index is 6.44. The van der Waals surface area contributed by atoms with E-state index in [1.807, 2.05) is 25.2 Å². The second kappa shape index (κ2) is 7.73. The van der Waals surface area contributed by atoms with E-state index >= 15 is 0 Å². The summed E-state index contributed by atoms with van der Waals surface area (Å²) in [7, 11) is 2.05. The Hall–Kier alpha value is -4.12. The first-order valence-electron chi connectivity index (χ1n) is 11.5. The van der Waals surface area contributed by atoms with Gasteiger partial charge in [-0.15, -0.1) is 0 Å². The molecular formula is C29H26N4O. The average molecular weight is 447 g/mol. The van der Waals surface area contributed by atoms with E-state index in [4.69, 9.17) is 14.7 Å². The highest BCUT2D eigenvalue weighted by molar-refractivity contribution is 5.64. The van der Waals surface area contributed by atoms with E-state index in [1.54, 1.807) is 0 Å². The summed E-state index contributed by atoms with van der Waals surface area (Å²) in [5.41, 5.74) is 9.81. The zero-order valence-electron chi connectivity index (χ0n) is 19.8.